The van der Waals surface area contributed by atoms with Gasteiger partial charge in [0.25, 0.3) is 0 Å². The summed E-state index contributed by atoms with van der Waals surface area (Å²) in [5, 5.41) is 0. The van der Waals surface area contributed by atoms with Crippen molar-refractivity contribution in [3.8, 4) is 0 Å². The molecule has 0 aromatic heterocycles. The molecule has 0 saturated heterocycles. The van der Waals surface area contributed by atoms with E-state index in [-0.39, 0.29) is 11.4 Å². The van der Waals surface area contributed by atoms with Crippen molar-refractivity contribution in [3.05, 3.63) is 40.9 Å². The predicted octanol–water partition coefficient (Wildman–Crippen LogP) is 1.24. The van der Waals surface area contributed by atoms with Crippen molar-refractivity contribution in [3.63, 3.8) is 0 Å². The summed E-state index contributed by atoms with van der Waals surface area (Å²) in [5.74, 6) is 0. The second kappa shape index (κ2) is 6.15. The second-order valence-corrected chi connectivity index (χ2v) is 5.70. The first kappa shape index (κ1) is 13.4. The number of benzene rings is 1. The number of hydrogen-bond acceptors (Lipinski definition) is 3. The van der Waals surface area contributed by atoms with Crippen molar-refractivity contribution in [1.29, 1.82) is 0 Å². The van der Waals surface area contributed by atoms with Crippen LogP contribution in [0, 0.1) is 0 Å². The minimum Gasteiger partial charge on any atom is -0.327 e. The number of halogens is 1. The van der Waals surface area contributed by atoms with Crippen LogP contribution < -0.4 is 10.5 Å². The zero-order chi connectivity index (χ0) is 12.0. The minimum atomic E-state index is -3.44. The van der Waals surface area contributed by atoms with Crippen molar-refractivity contribution >= 4 is 26.0 Å². The summed E-state index contributed by atoms with van der Waals surface area (Å²) in [6.07, 6.45) is 3.37. The maximum Gasteiger partial charge on any atom is 0.240 e. The molecule has 0 aliphatic carbocycles. The zero-order valence-electron chi connectivity index (χ0n) is 8.56. The van der Waals surface area contributed by atoms with E-state index in [2.05, 4.69) is 20.7 Å². The molecule has 3 N–H and O–H groups in total. The van der Waals surface area contributed by atoms with E-state index >= 15 is 0 Å². The van der Waals surface area contributed by atoms with Crippen molar-refractivity contribution < 1.29 is 8.42 Å². The molecule has 16 heavy (non-hydrogen) atoms. The van der Waals surface area contributed by atoms with Gasteiger partial charge in [0.2, 0.25) is 10.0 Å². The van der Waals surface area contributed by atoms with Gasteiger partial charge in [-0.15, -0.1) is 0 Å². The van der Waals surface area contributed by atoms with Gasteiger partial charge in [0.15, 0.2) is 0 Å². The highest BCUT2D eigenvalue weighted by molar-refractivity contribution is 9.10. The van der Waals surface area contributed by atoms with Gasteiger partial charge < -0.3 is 5.73 Å². The lowest BCUT2D eigenvalue weighted by atomic mass is 10.4. The van der Waals surface area contributed by atoms with E-state index in [0.29, 0.717) is 6.54 Å². The van der Waals surface area contributed by atoms with Crippen LogP contribution in [0.15, 0.2) is 45.8 Å². The highest BCUT2D eigenvalue weighted by Crippen LogP contribution is 2.15. The van der Waals surface area contributed by atoms with Gasteiger partial charge in [0.05, 0.1) is 4.90 Å². The minimum absolute atomic E-state index is 0.239. The Hall–Kier alpha value is -0.690. The predicted molar refractivity (Wildman–Crippen MR) is 67.5 cm³/mol. The Morgan fingerprint density at radius 2 is 2.12 bits per heavy atom. The van der Waals surface area contributed by atoms with Gasteiger partial charge >= 0.3 is 0 Å². The Kier molecular flexibility index (Phi) is 5.14. The number of nitrogens with one attached hydrogen (secondary N) is 1. The Labute approximate surface area is 104 Å². The highest BCUT2D eigenvalue weighted by atomic mass is 79.9. The Balaban J connectivity index is 2.75. The van der Waals surface area contributed by atoms with Gasteiger partial charge in [-0.3, -0.25) is 0 Å². The molecule has 88 valence electrons. The van der Waals surface area contributed by atoms with Crippen molar-refractivity contribution in [2.45, 2.75) is 4.90 Å². The normalized spacial score (nSPS) is 12.1. The summed E-state index contributed by atoms with van der Waals surface area (Å²) >= 11 is 3.22. The fraction of sp³-hybridized carbons (Fsp3) is 0.200. The van der Waals surface area contributed by atoms with E-state index in [1.54, 1.807) is 36.4 Å². The first-order chi connectivity index (χ1) is 7.56. The molecule has 0 spiro atoms. The summed E-state index contributed by atoms with van der Waals surface area (Å²) in [6.45, 7) is 0.644. The molecular weight excluding hydrogens is 292 g/mol. The number of nitrogens with two attached hydrogens (primary N) is 1. The standard InChI is InChI=1S/C10H13BrN2O2S/c11-9-4-3-5-10(8-9)16(14,15)13-7-2-1-6-12/h1-5,8,13H,6-7,12H2/b2-1+. The summed E-state index contributed by atoms with van der Waals surface area (Å²) in [4.78, 5) is 0.239. The average Bonchev–Trinajstić information content (AvgIpc) is 2.24. The smallest absolute Gasteiger partial charge is 0.240 e. The Morgan fingerprint density at radius 3 is 2.75 bits per heavy atom. The third-order valence-electron chi connectivity index (χ3n) is 1.80. The number of hydrogen-bond donors (Lipinski definition) is 2. The molecule has 1 rings (SSSR count). The second-order valence-electron chi connectivity index (χ2n) is 3.02. The molecule has 4 nitrogen and oxygen atoms in total. The molecule has 0 amide bonds. The van der Waals surface area contributed by atoms with Crippen molar-refractivity contribution in [2.75, 3.05) is 13.1 Å². The molecule has 0 unspecified atom stereocenters. The zero-order valence-corrected chi connectivity index (χ0v) is 11.0. The lowest BCUT2D eigenvalue weighted by molar-refractivity contribution is 0.585. The molecule has 0 atom stereocenters. The number of sulfonamides is 1. The molecule has 0 saturated carbocycles. The first-order valence-electron chi connectivity index (χ1n) is 4.66. The van der Waals surface area contributed by atoms with Crippen LogP contribution in [0.5, 0.6) is 0 Å². The van der Waals surface area contributed by atoms with Gasteiger partial charge in [-0.2, -0.15) is 0 Å². The Bertz CT molecular complexity index is 471. The summed E-state index contributed by atoms with van der Waals surface area (Å²) < 4.78 is 26.7. The van der Waals surface area contributed by atoms with Crippen LogP contribution in [0.1, 0.15) is 0 Å². The maximum atomic E-state index is 11.8. The largest absolute Gasteiger partial charge is 0.327 e. The fourth-order valence-corrected chi connectivity index (χ4v) is 2.63. The van der Waals surface area contributed by atoms with Gasteiger partial charge in [0, 0.05) is 17.6 Å². The molecule has 0 aliphatic heterocycles. The monoisotopic (exact) mass is 304 g/mol. The van der Waals surface area contributed by atoms with Crippen LogP contribution in [0.25, 0.3) is 0 Å². The van der Waals surface area contributed by atoms with E-state index in [4.69, 9.17) is 5.73 Å². The fourth-order valence-electron chi connectivity index (χ4n) is 1.05. The van der Waals surface area contributed by atoms with E-state index in [9.17, 15) is 8.42 Å². The average molecular weight is 305 g/mol. The van der Waals surface area contributed by atoms with Crippen LogP contribution in [0.4, 0.5) is 0 Å². The molecule has 1 aromatic rings. The highest BCUT2D eigenvalue weighted by Gasteiger charge is 2.12. The van der Waals surface area contributed by atoms with E-state index in [1.165, 1.54) is 0 Å². The van der Waals surface area contributed by atoms with Gasteiger partial charge in [0.1, 0.15) is 0 Å². The van der Waals surface area contributed by atoms with Crippen LogP contribution >= 0.6 is 15.9 Å². The first-order valence-corrected chi connectivity index (χ1v) is 6.94. The molecule has 1 aromatic carbocycles. The van der Waals surface area contributed by atoms with Crippen LogP contribution in [-0.2, 0) is 10.0 Å². The van der Waals surface area contributed by atoms with E-state index in [0.717, 1.165) is 4.47 Å². The van der Waals surface area contributed by atoms with Crippen LogP contribution in [0.3, 0.4) is 0 Å². The van der Waals surface area contributed by atoms with Gasteiger partial charge in [-0.05, 0) is 18.2 Å². The molecule has 0 aliphatic rings. The Morgan fingerprint density at radius 1 is 1.38 bits per heavy atom. The summed E-state index contributed by atoms with van der Waals surface area (Å²) in [6, 6.07) is 6.54. The SMILES string of the molecule is NC/C=C/CNS(=O)(=O)c1cccc(Br)c1. The van der Waals surface area contributed by atoms with Crippen LogP contribution in [0.2, 0.25) is 0 Å². The summed E-state index contributed by atoms with van der Waals surface area (Å²) in [7, 11) is -3.44. The third-order valence-corrected chi connectivity index (χ3v) is 3.71. The quantitative estimate of drug-likeness (QED) is 0.804. The van der Waals surface area contributed by atoms with E-state index < -0.39 is 10.0 Å². The van der Waals surface area contributed by atoms with Gasteiger partial charge in [-0.1, -0.05) is 34.1 Å². The topological polar surface area (TPSA) is 72.2 Å². The lowest BCUT2D eigenvalue weighted by Crippen LogP contribution is -2.23. The maximum absolute atomic E-state index is 11.8. The molecule has 0 heterocycles. The third kappa shape index (κ3) is 4.05. The van der Waals surface area contributed by atoms with Crippen molar-refractivity contribution in [2.24, 2.45) is 5.73 Å². The summed E-state index contributed by atoms with van der Waals surface area (Å²) in [5.41, 5.74) is 5.24. The molecule has 0 fully saturated rings. The van der Waals surface area contributed by atoms with Crippen molar-refractivity contribution in [1.82, 2.24) is 4.72 Å². The van der Waals surface area contributed by atoms with Gasteiger partial charge in [-0.25, -0.2) is 13.1 Å². The molecule has 0 radical (unpaired) electrons. The molecule has 6 heteroatoms. The van der Waals surface area contributed by atoms with E-state index in [1.807, 2.05) is 0 Å². The van der Waals surface area contributed by atoms with Crippen LogP contribution in [-0.4, -0.2) is 21.5 Å². The molecule has 0 bridgehead atoms. The number of rotatable bonds is 5. The lowest BCUT2D eigenvalue weighted by Gasteiger charge is -2.04. The molecular formula is C10H13BrN2O2S.